The Kier molecular flexibility index (Phi) is 7.21. The normalized spacial score (nSPS) is 17.3. The second kappa shape index (κ2) is 10.0. The minimum absolute atomic E-state index is 0.140. The molecule has 0 unspecified atom stereocenters. The number of unbranched alkanes of at least 4 members (excludes halogenated alkanes) is 2. The van der Waals surface area contributed by atoms with Gasteiger partial charge in [0, 0.05) is 69.0 Å². The van der Waals surface area contributed by atoms with Gasteiger partial charge in [0.15, 0.2) is 0 Å². The van der Waals surface area contributed by atoms with Gasteiger partial charge in [-0.1, -0.05) is 19.8 Å². The summed E-state index contributed by atoms with van der Waals surface area (Å²) < 4.78 is 7.29. The van der Waals surface area contributed by atoms with Crippen LogP contribution in [0.1, 0.15) is 32.6 Å². The minimum Gasteiger partial charge on any atom is -0.461 e. The number of carbonyl (C=O) groups is 1. The molecule has 8 nitrogen and oxygen atoms in total. The summed E-state index contributed by atoms with van der Waals surface area (Å²) in [5, 5.41) is 0. The number of esters is 1. The molecule has 0 atom stereocenters. The van der Waals surface area contributed by atoms with Crippen LogP contribution in [0.5, 0.6) is 0 Å². The van der Waals surface area contributed by atoms with E-state index >= 15 is 0 Å². The zero-order valence-corrected chi connectivity index (χ0v) is 18.0. The molecule has 8 heteroatoms. The van der Waals surface area contributed by atoms with E-state index in [1.165, 1.54) is 0 Å². The van der Waals surface area contributed by atoms with Gasteiger partial charge in [-0.25, -0.2) is 14.8 Å². The molecule has 0 bridgehead atoms. The molecular formula is C22H30N6O2. The maximum atomic E-state index is 12.4. The number of rotatable bonds is 7. The van der Waals surface area contributed by atoms with Crippen molar-refractivity contribution < 1.29 is 9.53 Å². The molecule has 1 saturated heterocycles. The molecule has 0 saturated carbocycles. The van der Waals surface area contributed by atoms with Crippen molar-refractivity contribution in [2.75, 3.05) is 31.6 Å². The van der Waals surface area contributed by atoms with Crippen LogP contribution in [0, 0.1) is 0 Å². The Balaban J connectivity index is 1.75. The molecule has 2 aromatic rings. The second-order valence-corrected chi connectivity index (χ2v) is 7.34. The summed E-state index contributed by atoms with van der Waals surface area (Å²) in [6.45, 7) is 3.72. The molecule has 1 fully saturated rings. The summed E-state index contributed by atoms with van der Waals surface area (Å²) in [4.78, 5) is 27.8. The number of hydrogen-bond acceptors (Lipinski definition) is 7. The summed E-state index contributed by atoms with van der Waals surface area (Å²) in [7, 11) is 3.68. The number of aromatic nitrogens is 3. The third-order valence-corrected chi connectivity index (χ3v) is 5.26. The summed E-state index contributed by atoms with van der Waals surface area (Å²) in [6.07, 6.45) is 9.12. The number of nitrogens with zero attached hydrogens (tertiary/aromatic N) is 5. The molecule has 0 aromatic carbocycles. The van der Waals surface area contributed by atoms with Gasteiger partial charge in [0.25, 0.3) is 0 Å². The van der Waals surface area contributed by atoms with Crippen LogP contribution in [-0.2, 0) is 16.6 Å². The van der Waals surface area contributed by atoms with Crippen LogP contribution in [0.15, 0.2) is 47.0 Å². The molecule has 0 amide bonds. The first-order valence-electron chi connectivity index (χ1n) is 10.4. The Morgan fingerprint density at radius 3 is 2.77 bits per heavy atom. The van der Waals surface area contributed by atoms with Crippen molar-refractivity contribution in [3.63, 3.8) is 0 Å². The fraction of sp³-hybridized carbons (Fsp3) is 0.455. The third-order valence-electron chi connectivity index (χ3n) is 5.26. The van der Waals surface area contributed by atoms with Crippen LogP contribution < -0.4 is 10.6 Å². The van der Waals surface area contributed by atoms with Gasteiger partial charge in [-0.05, 0) is 18.6 Å². The number of aliphatic imine (C=N–C) groups is 1. The van der Waals surface area contributed by atoms with Crippen molar-refractivity contribution in [1.29, 1.82) is 0 Å². The summed E-state index contributed by atoms with van der Waals surface area (Å²) >= 11 is 0. The van der Waals surface area contributed by atoms with Crippen molar-refractivity contribution in [3.05, 3.63) is 42.0 Å². The van der Waals surface area contributed by atoms with E-state index in [1.54, 1.807) is 13.2 Å². The van der Waals surface area contributed by atoms with Crippen molar-refractivity contribution in [1.82, 2.24) is 14.5 Å². The highest BCUT2D eigenvalue weighted by molar-refractivity contribution is 6.08. The molecule has 0 radical (unpaired) electrons. The largest absolute Gasteiger partial charge is 0.461 e. The molecule has 1 aliphatic heterocycles. The number of nitrogens with two attached hydrogens (primary N) is 1. The van der Waals surface area contributed by atoms with E-state index in [1.807, 2.05) is 36.1 Å². The highest BCUT2D eigenvalue weighted by atomic mass is 16.5. The lowest BCUT2D eigenvalue weighted by Gasteiger charge is -2.31. The predicted molar refractivity (Wildman–Crippen MR) is 118 cm³/mol. The number of ether oxygens (including phenoxy) is 1. The SMILES string of the molecule is CCCCCOC(=O)/C(N)=C1\CN(c2ccc(-c3nccn3C)cn2)CCC1=NC. The maximum Gasteiger partial charge on any atom is 0.354 e. The van der Waals surface area contributed by atoms with E-state index in [-0.39, 0.29) is 5.70 Å². The minimum atomic E-state index is -0.470. The van der Waals surface area contributed by atoms with E-state index in [9.17, 15) is 4.79 Å². The molecule has 160 valence electrons. The van der Waals surface area contributed by atoms with Gasteiger partial charge >= 0.3 is 5.97 Å². The molecule has 3 heterocycles. The van der Waals surface area contributed by atoms with Crippen LogP contribution in [0.25, 0.3) is 11.4 Å². The Hall–Kier alpha value is -3.16. The number of pyridine rings is 1. The van der Waals surface area contributed by atoms with Crippen LogP contribution >= 0.6 is 0 Å². The van der Waals surface area contributed by atoms with Crippen LogP contribution in [-0.4, -0.2) is 53.0 Å². The number of anilines is 1. The highest BCUT2D eigenvalue weighted by Crippen LogP contribution is 2.24. The van der Waals surface area contributed by atoms with E-state index in [0.717, 1.165) is 54.3 Å². The number of carbonyl (C=O) groups excluding carboxylic acids is 1. The Morgan fingerprint density at radius 2 is 2.13 bits per heavy atom. The average Bonchev–Trinajstić information content (AvgIpc) is 3.21. The fourth-order valence-corrected chi connectivity index (χ4v) is 3.50. The molecule has 1 aliphatic rings. The predicted octanol–water partition coefficient (Wildman–Crippen LogP) is 2.71. The summed E-state index contributed by atoms with van der Waals surface area (Å²) in [6, 6.07) is 3.97. The number of piperidine rings is 1. The molecule has 0 spiro atoms. The number of aryl methyl sites for hydroxylation is 1. The quantitative estimate of drug-likeness (QED) is 0.428. The summed E-state index contributed by atoms with van der Waals surface area (Å²) in [5.74, 6) is 1.22. The van der Waals surface area contributed by atoms with Gasteiger partial charge in [-0.15, -0.1) is 0 Å². The van der Waals surface area contributed by atoms with Gasteiger partial charge in [-0.2, -0.15) is 0 Å². The van der Waals surface area contributed by atoms with E-state index in [2.05, 4.69) is 26.8 Å². The fourth-order valence-electron chi connectivity index (χ4n) is 3.50. The van der Waals surface area contributed by atoms with Gasteiger partial charge in [0.2, 0.25) is 0 Å². The lowest BCUT2D eigenvalue weighted by Crippen LogP contribution is -2.39. The molecule has 2 aromatic heterocycles. The van der Waals surface area contributed by atoms with Crippen molar-refractivity contribution in [2.24, 2.45) is 17.8 Å². The first-order chi connectivity index (χ1) is 14.5. The smallest absolute Gasteiger partial charge is 0.354 e. The third kappa shape index (κ3) is 4.87. The summed E-state index contributed by atoms with van der Waals surface area (Å²) in [5.41, 5.74) is 8.84. The zero-order chi connectivity index (χ0) is 21.5. The van der Waals surface area contributed by atoms with Crippen LogP contribution in [0.4, 0.5) is 5.82 Å². The average molecular weight is 411 g/mol. The number of imidazole rings is 1. The highest BCUT2D eigenvalue weighted by Gasteiger charge is 2.26. The first kappa shape index (κ1) is 21.5. The Labute approximate surface area is 177 Å². The standard InChI is InChI=1S/C22H30N6O2/c1-4-5-6-13-30-22(29)20(23)17-15-28(11-9-18(17)24-2)19-8-7-16(14-26-19)21-25-10-12-27(21)3/h7-8,10,12,14H,4-6,9,11,13,15,23H2,1-3H3/b20-17-,24-18?. The molecular weight excluding hydrogens is 380 g/mol. The van der Waals surface area contributed by atoms with Gasteiger partial charge in [0.05, 0.1) is 6.61 Å². The van der Waals surface area contributed by atoms with Crippen LogP contribution in [0.3, 0.4) is 0 Å². The zero-order valence-electron chi connectivity index (χ0n) is 18.0. The maximum absolute atomic E-state index is 12.4. The van der Waals surface area contributed by atoms with Gasteiger partial charge in [0.1, 0.15) is 17.3 Å². The lowest BCUT2D eigenvalue weighted by atomic mass is 9.99. The second-order valence-electron chi connectivity index (χ2n) is 7.34. The number of hydrogen-bond donors (Lipinski definition) is 1. The van der Waals surface area contributed by atoms with Gasteiger partial charge in [-0.3, -0.25) is 4.99 Å². The Morgan fingerprint density at radius 1 is 1.30 bits per heavy atom. The van der Waals surface area contributed by atoms with Crippen LogP contribution in [0.2, 0.25) is 0 Å². The Bertz CT molecular complexity index is 929. The monoisotopic (exact) mass is 410 g/mol. The topological polar surface area (TPSA) is 98.6 Å². The molecule has 30 heavy (non-hydrogen) atoms. The van der Waals surface area contributed by atoms with Crippen molar-refractivity contribution in [2.45, 2.75) is 32.6 Å². The van der Waals surface area contributed by atoms with E-state index in [4.69, 9.17) is 10.5 Å². The lowest BCUT2D eigenvalue weighted by molar-refractivity contribution is -0.139. The van der Waals surface area contributed by atoms with Gasteiger partial charge < -0.3 is 19.9 Å². The van der Waals surface area contributed by atoms with E-state index < -0.39 is 5.97 Å². The van der Waals surface area contributed by atoms with Crippen molar-refractivity contribution in [3.8, 4) is 11.4 Å². The molecule has 3 rings (SSSR count). The molecule has 2 N–H and O–H groups in total. The van der Waals surface area contributed by atoms with E-state index in [0.29, 0.717) is 19.6 Å². The van der Waals surface area contributed by atoms with Crippen molar-refractivity contribution >= 4 is 17.5 Å². The first-order valence-corrected chi connectivity index (χ1v) is 10.4. The molecule has 0 aliphatic carbocycles.